The molecule has 0 bridgehead atoms. The largest absolute Gasteiger partial charge is 0.341 e. The summed E-state index contributed by atoms with van der Waals surface area (Å²) in [6, 6.07) is -0.0374. The fraction of sp³-hybridized carbons (Fsp3) is 0.944. The fourth-order valence-electron chi connectivity index (χ4n) is 4.77. The first-order valence-corrected chi connectivity index (χ1v) is 11.6. The summed E-state index contributed by atoms with van der Waals surface area (Å²) in [5, 5.41) is -0.480. The molecule has 26 heavy (non-hydrogen) atoms. The number of halogens is 1. The van der Waals surface area contributed by atoms with Crippen molar-refractivity contribution < 1.29 is 13.2 Å². The van der Waals surface area contributed by atoms with Crippen LogP contribution < -0.4 is 10.5 Å². The molecule has 8 heteroatoms. The van der Waals surface area contributed by atoms with Crippen molar-refractivity contribution in [1.29, 1.82) is 0 Å². The van der Waals surface area contributed by atoms with Gasteiger partial charge in [0.15, 0.2) is 0 Å². The molecule has 6 nitrogen and oxygen atoms in total. The van der Waals surface area contributed by atoms with Crippen LogP contribution in [0.15, 0.2) is 0 Å². The number of carbonyl (C=O) groups excluding carboxylic acids is 1. The Morgan fingerprint density at radius 3 is 2.35 bits per heavy atom. The van der Waals surface area contributed by atoms with Gasteiger partial charge in [0.05, 0.1) is 5.25 Å². The molecule has 3 aliphatic rings. The van der Waals surface area contributed by atoms with E-state index in [4.69, 9.17) is 5.73 Å². The summed E-state index contributed by atoms with van der Waals surface area (Å²) >= 11 is 0. The Morgan fingerprint density at radius 2 is 1.65 bits per heavy atom. The molecule has 0 aromatic carbocycles. The summed E-state index contributed by atoms with van der Waals surface area (Å²) < 4.78 is 28.8. The van der Waals surface area contributed by atoms with Crippen LogP contribution >= 0.6 is 12.4 Å². The highest BCUT2D eigenvalue weighted by atomic mass is 35.5. The Kier molecular flexibility index (Phi) is 8.19. The third-order valence-electron chi connectivity index (χ3n) is 6.36. The van der Waals surface area contributed by atoms with Gasteiger partial charge in [0.1, 0.15) is 0 Å². The van der Waals surface area contributed by atoms with Gasteiger partial charge in [-0.25, -0.2) is 13.1 Å². The fourth-order valence-corrected chi connectivity index (χ4v) is 6.55. The second-order valence-electron chi connectivity index (χ2n) is 8.08. The molecule has 2 saturated carbocycles. The molecule has 3 rings (SSSR count). The van der Waals surface area contributed by atoms with Crippen molar-refractivity contribution in [2.45, 2.75) is 75.5 Å². The van der Waals surface area contributed by atoms with Crippen LogP contribution in [0.2, 0.25) is 0 Å². The topological polar surface area (TPSA) is 92.5 Å². The number of nitrogens with zero attached hydrogens (tertiary/aromatic N) is 1. The van der Waals surface area contributed by atoms with Crippen molar-refractivity contribution in [2.75, 3.05) is 19.6 Å². The smallest absolute Gasteiger partial charge is 0.225 e. The molecule has 0 aromatic heterocycles. The summed E-state index contributed by atoms with van der Waals surface area (Å²) in [6.07, 6.45) is 9.65. The molecule has 0 spiro atoms. The summed E-state index contributed by atoms with van der Waals surface area (Å²) in [4.78, 5) is 14.5. The molecule has 1 saturated heterocycles. The van der Waals surface area contributed by atoms with Crippen LogP contribution in [0.3, 0.4) is 0 Å². The monoisotopic (exact) mass is 407 g/mol. The molecular formula is C18H34ClN3O3S. The molecule has 2 aliphatic carbocycles. The standard InChI is InChI=1S/C18H33N3O3S.ClH/c19-12-15-8-3-4-10-17(15)20-25(23,24)16-9-5-11-21(13-16)18(22)14-6-1-2-7-14;/h14-17,20H,1-13,19H2;1H. The zero-order valence-electron chi connectivity index (χ0n) is 15.6. The SMILES string of the molecule is Cl.NCC1CCCCC1NS(=O)(=O)C1CCCN(C(=O)C2CCCC2)C1. The van der Waals surface area contributed by atoms with E-state index < -0.39 is 15.3 Å². The summed E-state index contributed by atoms with van der Waals surface area (Å²) in [5.74, 6) is 0.535. The van der Waals surface area contributed by atoms with E-state index in [9.17, 15) is 13.2 Å². The van der Waals surface area contributed by atoms with E-state index >= 15 is 0 Å². The average Bonchev–Trinajstić information content (AvgIpc) is 3.16. The Balaban J connectivity index is 0.00000243. The van der Waals surface area contributed by atoms with Gasteiger partial charge in [0, 0.05) is 25.0 Å². The van der Waals surface area contributed by atoms with Crippen molar-refractivity contribution in [1.82, 2.24) is 9.62 Å². The highest BCUT2D eigenvalue weighted by Gasteiger charge is 2.37. The molecule has 1 aliphatic heterocycles. The van der Waals surface area contributed by atoms with E-state index in [0.717, 1.165) is 57.8 Å². The quantitative estimate of drug-likeness (QED) is 0.729. The maximum Gasteiger partial charge on any atom is 0.225 e. The van der Waals surface area contributed by atoms with Crippen molar-refractivity contribution in [3.8, 4) is 0 Å². The van der Waals surface area contributed by atoms with Gasteiger partial charge < -0.3 is 10.6 Å². The predicted molar refractivity (Wildman–Crippen MR) is 106 cm³/mol. The Bertz CT molecular complexity index is 566. The first-order valence-electron chi connectivity index (χ1n) is 10.0. The number of nitrogens with two attached hydrogens (primary N) is 1. The summed E-state index contributed by atoms with van der Waals surface area (Å²) in [7, 11) is -3.42. The number of hydrogen-bond acceptors (Lipinski definition) is 4. The Hall–Kier alpha value is -0.370. The molecule has 3 fully saturated rings. The van der Waals surface area contributed by atoms with Crippen molar-refractivity contribution in [2.24, 2.45) is 17.6 Å². The zero-order chi connectivity index (χ0) is 17.9. The number of amides is 1. The molecule has 0 aromatic rings. The number of rotatable bonds is 5. The van der Waals surface area contributed by atoms with Crippen LogP contribution in [0.1, 0.15) is 64.2 Å². The first-order chi connectivity index (χ1) is 12.0. The molecule has 152 valence electrons. The van der Waals surface area contributed by atoms with E-state index in [-0.39, 0.29) is 36.2 Å². The van der Waals surface area contributed by atoms with E-state index in [1.165, 1.54) is 0 Å². The lowest BCUT2D eigenvalue weighted by Gasteiger charge is -2.36. The van der Waals surface area contributed by atoms with Crippen molar-refractivity contribution in [3.05, 3.63) is 0 Å². The molecule has 3 unspecified atom stereocenters. The second kappa shape index (κ2) is 9.71. The van der Waals surface area contributed by atoms with Gasteiger partial charge in [-0.1, -0.05) is 25.7 Å². The minimum atomic E-state index is -3.42. The average molecular weight is 408 g/mol. The Labute approximate surface area is 164 Å². The lowest BCUT2D eigenvalue weighted by atomic mass is 9.85. The predicted octanol–water partition coefficient (Wildman–Crippen LogP) is 2.03. The maximum absolute atomic E-state index is 12.9. The minimum Gasteiger partial charge on any atom is -0.341 e. The van der Waals surface area contributed by atoms with Crippen LogP contribution in [-0.4, -0.2) is 50.2 Å². The van der Waals surface area contributed by atoms with Gasteiger partial charge in [-0.15, -0.1) is 12.4 Å². The van der Waals surface area contributed by atoms with Crippen molar-refractivity contribution in [3.63, 3.8) is 0 Å². The lowest BCUT2D eigenvalue weighted by Crippen LogP contribution is -2.53. The number of hydrogen-bond donors (Lipinski definition) is 2. The maximum atomic E-state index is 12.9. The van der Waals surface area contributed by atoms with Gasteiger partial charge in [-0.2, -0.15) is 0 Å². The summed E-state index contributed by atoms with van der Waals surface area (Å²) in [5.41, 5.74) is 5.83. The van der Waals surface area contributed by atoms with Crippen LogP contribution in [0.4, 0.5) is 0 Å². The molecule has 0 radical (unpaired) electrons. The van der Waals surface area contributed by atoms with E-state index in [2.05, 4.69) is 4.72 Å². The third kappa shape index (κ3) is 5.12. The number of carbonyl (C=O) groups is 1. The first kappa shape index (κ1) is 21.9. The Morgan fingerprint density at radius 1 is 1.00 bits per heavy atom. The van der Waals surface area contributed by atoms with Gasteiger partial charge in [0.2, 0.25) is 15.9 Å². The van der Waals surface area contributed by atoms with Crippen LogP contribution in [0, 0.1) is 11.8 Å². The molecule has 3 N–H and O–H groups in total. The zero-order valence-corrected chi connectivity index (χ0v) is 17.2. The van der Waals surface area contributed by atoms with Gasteiger partial charge >= 0.3 is 0 Å². The van der Waals surface area contributed by atoms with Crippen LogP contribution in [0.5, 0.6) is 0 Å². The van der Waals surface area contributed by atoms with E-state index in [1.807, 2.05) is 4.90 Å². The number of nitrogens with one attached hydrogen (secondary N) is 1. The molecule has 1 heterocycles. The van der Waals surface area contributed by atoms with E-state index in [1.54, 1.807) is 0 Å². The third-order valence-corrected chi connectivity index (χ3v) is 8.25. The molecule has 3 atom stereocenters. The highest BCUT2D eigenvalue weighted by Crippen LogP contribution is 2.29. The van der Waals surface area contributed by atoms with Gasteiger partial charge in [-0.3, -0.25) is 4.79 Å². The van der Waals surface area contributed by atoms with Crippen LogP contribution in [-0.2, 0) is 14.8 Å². The minimum absolute atomic E-state index is 0. The normalized spacial score (nSPS) is 30.8. The second-order valence-corrected chi connectivity index (χ2v) is 10.1. The van der Waals surface area contributed by atoms with Crippen molar-refractivity contribution >= 4 is 28.3 Å². The van der Waals surface area contributed by atoms with Crippen LogP contribution in [0.25, 0.3) is 0 Å². The molecule has 1 amide bonds. The number of piperidine rings is 1. The van der Waals surface area contributed by atoms with Gasteiger partial charge in [0.25, 0.3) is 0 Å². The van der Waals surface area contributed by atoms with Gasteiger partial charge in [-0.05, 0) is 51.0 Å². The lowest BCUT2D eigenvalue weighted by molar-refractivity contribution is -0.136. The summed E-state index contributed by atoms with van der Waals surface area (Å²) in [6.45, 7) is 1.59. The molecular weight excluding hydrogens is 374 g/mol. The van der Waals surface area contributed by atoms with E-state index in [0.29, 0.717) is 26.1 Å². The number of likely N-dealkylation sites (tertiary alicyclic amines) is 1. The highest BCUT2D eigenvalue weighted by molar-refractivity contribution is 7.90. The number of sulfonamides is 1.